The second kappa shape index (κ2) is 5.27. The van der Waals surface area contributed by atoms with Gasteiger partial charge in [0.25, 0.3) is 0 Å². The summed E-state index contributed by atoms with van der Waals surface area (Å²) in [5.74, 6) is -0.270. The molecule has 0 aromatic carbocycles. The lowest BCUT2D eigenvalue weighted by Crippen LogP contribution is -2.00. The van der Waals surface area contributed by atoms with E-state index in [1.54, 1.807) is 18.2 Å². The maximum Gasteiger partial charge on any atom is 0.331 e. The molecule has 0 saturated heterocycles. The number of carboxylic acid groups (broad SMARTS) is 1. The molecule has 0 atom stereocenters. The molecule has 0 saturated carbocycles. The van der Waals surface area contributed by atoms with Crippen molar-refractivity contribution >= 4 is 12.0 Å². The summed E-state index contributed by atoms with van der Waals surface area (Å²) in [4.78, 5) is 10.8. The van der Waals surface area contributed by atoms with E-state index in [0.29, 0.717) is 17.8 Å². The fraction of sp³-hybridized carbons (Fsp3) is 0.364. The van der Waals surface area contributed by atoms with Gasteiger partial charge >= 0.3 is 5.97 Å². The minimum atomic E-state index is -0.866. The van der Waals surface area contributed by atoms with E-state index in [2.05, 4.69) is 0 Å². The fourth-order valence-corrected chi connectivity index (χ4v) is 1.15. The van der Waals surface area contributed by atoms with Crippen molar-refractivity contribution in [3.8, 4) is 0 Å². The van der Waals surface area contributed by atoms with Gasteiger partial charge in [0.2, 0.25) is 0 Å². The average Bonchev–Trinajstić information content (AvgIpc) is 2.64. The lowest BCUT2D eigenvalue weighted by Gasteiger charge is -1.99. The highest BCUT2D eigenvalue weighted by Gasteiger charge is 2.07. The molecule has 14 heavy (non-hydrogen) atoms. The molecule has 0 unspecified atom stereocenters. The van der Waals surface area contributed by atoms with Crippen molar-refractivity contribution in [1.82, 2.24) is 0 Å². The van der Waals surface area contributed by atoms with Crippen molar-refractivity contribution < 1.29 is 14.3 Å². The minimum Gasteiger partial charge on any atom is -0.478 e. The maximum absolute atomic E-state index is 10.8. The number of carbonyl (C=O) groups is 1. The lowest BCUT2D eigenvalue weighted by atomic mass is 10.1. The first-order valence-electron chi connectivity index (χ1n) is 4.71. The zero-order chi connectivity index (χ0) is 10.4. The smallest absolute Gasteiger partial charge is 0.331 e. The first-order valence-corrected chi connectivity index (χ1v) is 4.71. The van der Waals surface area contributed by atoms with Crippen molar-refractivity contribution in [2.75, 3.05) is 0 Å². The van der Waals surface area contributed by atoms with Crippen LogP contribution in [-0.4, -0.2) is 11.1 Å². The molecule has 1 aromatic rings. The first-order chi connectivity index (χ1) is 6.74. The van der Waals surface area contributed by atoms with Crippen molar-refractivity contribution in [3.05, 3.63) is 29.7 Å². The number of aliphatic carboxylic acids is 1. The van der Waals surface area contributed by atoms with Crippen LogP contribution < -0.4 is 0 Å². The van der Waals surface area contributed by atoms with Gasteiger partial charge in [0.15, 0.2) is 0 Å². The largest absolute Gasteiger partial charge is 0.478 e. The standard InChI is InChI=1S/C11H14O3/c1-2-3-5-9(11(12)13)8-10-6-4-7-14-10/h4,6-8H,2-3,5H2,1H3,(H,12,13). The normalized spacial score (nSPS) is 11.6. The molecule has 1 N–H and O–H groups in total. The molecule has 3 heteroatoms. The monoisotopic (exact) mass is 194 g/mol. The molecular weight excluding hydrogens is 180 g/mol. The molecule has 0 radical (unpaired) electrons. The van der Waals surface area contributed by atoms with Gasteiger partial charge in [-0.3, -0.25) is 0 Å². The Labute approximate surface area is 83.0 Å². The van der Waals surface area contributed by atoms with Crippen LogP contribution in [0.25, 0.3) is 6.08 Å². The Morgan fingerprint density at radius 2 is 2.43 bits per heavy atom. The lowest BCUT2D eigenvalue weighted by molar-refractivity contribution is -0.132. The zero-order valence-corrected chi connectivity index (χ0v) is 8.19. The predicted octanol–water partition coefficient (Wildman–Crippen LogP) is 2.94. The topological polar surface area (TPSA) is 50.4 Å². The molecule has 3 nitrogen and oxygen atoms in total. The second-order valence-electron chi connectivity index (χ2n) is 3.09. The maximum atomic E-state index is 10.8. The number of hydrogen-bond donors (Lipinski definition) is 1. The van der Waals surface area contributed by atoms with Gasteiger partial charge in [-0.15, -0.1) is 0 Å². The van der Waals surface area contributed by atoms with Crippen LogP contribution >= 0.6 is 0 Å². The summed E-state index contributed by atoms with van der Waals surface area (Å²) in [7, 11) is 0. The third-order valence-corrected chi connectivity index (χ3v) is 1.93. The Morgan fingerprint density at radius 3 is 2.93 bits per heavy atom. The van der Waals surface area contributed by atoms with Crippen LogP contribution in [0.2, 0.25) is 0 Å². The summed E-state index contributed by atoms with van der Waals surface area (Å²) < 4.78 is 5.05. The summed E-state index contributed by atoms with van der Waals surface area (Å²) in [6, 6.07) is 3.49. The van der Waals surface area contributed by atoms with E-state index in [1.807, 2.05) is 6.92 Å². The Kier molecular flexibility index (Phi) is 3.98. The van der Waals surface area contributed by atoms with Crippen LogP contribution in [0.5, 0.6) is 0 Å². The molecule has 1 rings (SSSR count). The first kappa shape index (κ1) is 10.6. The van der Waals surface area contributed by atoms with Gasteiger partial charge in [0.1, 0.15) is 5.76 Å². The van der Waals surface area contributed by atoms with Gasteiger partial charge in [-0.05, 0) is 31.1 Å². The molecule has 0 fully saturated rings. The molecule has 0 aliphatic heterocycles. The Hall–Kier alpha value is -1.51. The second-order valence-corrected chi connectivity index (χ2v) is 3.09. The van der Waals surface area contributed by atoms with Crippen LogP contribution in [0.3, 0.4) is 0 Å². The molecule has 0 aliphatic rings. The van der Waals surface area contributed by atoms with E-state index in [0.717, 1.165) is 12.8 Å². The molecule has 0 amide bonds. The number of carboxylic acids is 1. The summed E-state index contributed by atoms with van der Waals surface area (Å²) in [5.41, 5.74) is 0.404. The Balaban J connectivity index is 2.72. The highest BCUT2D eigenvalue weighted by Crippen LogP contribution is 2.13. The molecule has 0 spiro atoms. The van der Waals surface area contributed by atoms with E-state index in [-0.39, 0.29) is 0 Å². The van der Waals surface area contributed by atoms with E-state index in [1.165, 1.54) is 6.26 Å². The van der Waals surface area contributed by atoms with E-state index < -0.39 is 5.97 Å². The summed E-state index contributed by atoms with van der Waals surface area (Å²) in [6.07, 6.45) is 5.58. The van der Waals surface area contributed by atoms with Gasteiger partial charge < -0.3 is 9.52 Å². The quantitative estimate of drug-likeness (QED) is 0.733. The van der Waals surface area contributed by atoms with Crippen LogP contribution in [0.4, 0.5) is 0 Å². The van der Waals surface area contributed by atoms with Crippen molar-refractivity contribution in [3.63, 3.8) is 0 Å². The van der Waals surface area contributed by atoms with Crippen molar-refractivity contribution in [2.24, 2.45) is 0 Å². The summed E-state index contributed by atoms with van der Waals surface area (Å²) >= 11 is 0. The van der Waals surface area contributed by atoms with Gasteiger partial charge in [-0.1, -0.05) is 13.3 Å². The van der Waals surface area contributed by atoms with Gasteiger partial charge in [0.05, 0.1) is 6.26 Å². The zero-order valence-electron chi connectivity index (χ0n) is 8.19. The molecule has 1 heterocycles. The van der Waals surface area contributed by atoms with Gasteiger partial charge in [-0.2, -0.15) is 0 Å². The van der Waals surface area contributed by atoms with Crippen molar-refractivity contribution in [2.45, 2.75) is 26.2 Å². The molecule has 0 aliphatic carbocycles. The predicted molar refractivity (Wildman–Crippen MR) is 53.8 cm³/mol. The molecule has 76 valence electrons. The number of hydrogen-bond acceptors (Lipinski definition) is 2. The third-order valence-electron chi connectivity index (χ3n) is 1.93. The average molecular weight is 194 g/mol. The highest BCUT2D eigenvalue weighted by molar-refractivity contribution is 5.91. The fourth-order valence-electron chi connectivity index (χ4n) is 1.15. The van der Waals surface area contributed by atoms with Crippen LogP contribution in [0.15, 0.2) is 28.4 Å². The van der Waals surface area contributed by atoms with Gasteiger partial charge in [0, 0.05) is 5.57 Å². The Bertz CT molecular complexity index is 309. The number of rotatable bonds is 5. The molecular formula is C11H14O3. The van der Waals surface area contributed by atoms with Crippen molar-refractivity contribution in [1.29, 1.82) is 0 Å². The summed E-state index contributed by atoms with van der Waals surface area (Å²) in [6.45, 7) is 2.03. The highest BCUT2D eigenvalue weighted by atomic mass is 16.4. The molecule has 0 bridgehead atoms. The van der Waals surface area contributed by atoms with E-state index in [4.69, 9.17) is 9.52 Å². The summed E-state index contributed by atoms with van der Waals surface area (Å²) in [5, 5.41) is 8.89. The minimum absolute atomic E-state index is 0.404. The van der Waals surface area contributed by atoms with Crippen LogP contribution in [0, 0.1) is 0 Å². The van der Waals surface area contributed by atoms with E-state index in [9.17, 15) is 4.79 Å². The van der Waals surface area contributed by atoms with Gasteiger partial charge in [-0.25, -0.2) is 4.79 Å². The van der Waals surface area contributed by atoms with Crippen LogP contribution in [-0.2, 0) is 4.79 Å². The SMILES string of the molecule is CCCCC(=Cc1ccco1)C(=O)O. The number of furan rings is 1. The third kappa shape index (κ3) is 3.09. The Morgan fingerprint density at radius 1 is 1.64 bits per heavy atom. The number of unbranched alkanes of at least 4 members (excludes halogenated alkanes) is 1. The van der Waals surface area contributed by atoms with E-state index >= 15 is 0 Å². The molecule has 1 aromatic heterocycles. The van der Waals surface area contributed by atoms with Crippen LogP contribution in [0.1, 0.15) is 31.9 Å².